The van der Waals surface area contributed by atoms with E-state index in [0.29, 0.717) is 16.0 Å². The average Bonchev–Trinajstić information content (AvgIpc) is 3.10. The van der Waals surface area contributed by atoms with E-state index in [0.717, 1.165) is 35.4 Å². The maximum absolute atomic E-state index is 12.4. The molecule has 0 fully saturated rings. The van der Waals surface area contributed by atoms with Crippen molar-refractivity contribution in [2.45, 2.75) is 12.5 Å². The van der Waals surface area contributed by atoms with E-state index in [9.17, 15) is 9.63 Å². The van der Waals surface area contributed by atoms with Crippen molar-refractivity contribution in [3.63, 3.8) is 0 Å². The van der Waals surface area contributed by atoms with Gasteiger partial charge >= 0.3 is 0 Å². The van der Waals surface area contributed by atoms with Gasteiger partial charge in [0.15, 0.2) is 5.76 Å². The van der Waals surface area contributed by atoms with Crippen LogP contribution in [0.15, 0.2) is 55.6 Å². The van der Waals surface area contributed by atoms with Crippen LogP contribution in [-0.2, 0) is 12.0 Å². The van der Waals surface area contributed by atoms with Crippen molar-refractivity contribution < 1.29 is 14.6 Å². The molecule has 3 aromatic rings. The second-order valence-corrected chi connectivity index (χ2v) is 8.21. The molecule has 0 bridgehead atoms. The summed E-state index contributed by atoms with van der Waals surface area (Å²) in [7, 11) is 5.96. The highest BCUT2D eigenvalue weighted by atomic mass is 35.5. The molecule has 164 valence electrons. The van der Waals surface area contributed by atoms with Crippen LogP contribution in [-0.4, -0.2) is 35.2 Å². The van der Waals surface area contributed by atoms with Gasteiger partial charge in [-0.1, -0.05) is 49.0 Å². The molecule has 7 heteroatoms. The number of fused-ring (bicyclic) bond motifs is 1. The largest absolute Gasteiger partial charge is 0.506 e. The number of halogens is 2. The minimum atomic E-state index is -0.0290. The number of phenolic OH excluding ortho intramolecular Hbond substituents is 1. The number of nitrogens with zero attached hydrogens (tertiary/aromatic N) is 2. The molecule has 2 aromatic carbocycles. The van der Waals surface area contributed by atoms with Crippen LogP contribution in [0.2, 0.25) is 5.02 Å². The van der Waals surface area contributed by atoms with Crippen LogP contribution in [0.4, 0.5) is 4.53 Å². The second kappa shape index (κ2) is 9.45. The van der Waals surface area contributed by atoms with Gasteiger partial charge in [0.25, 0.3) is 0 Å². The minimum absolute atomic E-state index is 0.0253. The molecule has 0 saturated heterocycles. The zero-order valence-electron chi connectivity index (χ0n) is 18.0. The smallest absolute Gasteiger partial charge is 0.171 e. The van der Waals surface area contributed by atoms with E-state index in [1.807, 2.05) is 50.0 Å². The van der Waals surface area contributed by atoms with Gasteiger partial charge in [0.2, 0.25) is 0 Å². The van der Waals surface area contributed by atoms with Crippen molar-refractivity contribution >= 4 is 34.0 Å². The zero-order chi connectivity index (χ0) is 22.7. The van der Waals surface area contributed by atoms with Crippen molar-refractivity contribution in [3.8, 4) is 5.75 Å². The molecule has 0 saturated carbocycles. The summed E-state index contributed by atoms with van der Waals surface area (Å²) < 4.78 is 14.4. The number of aromatic hydroxyl groups is 1. The monoisotopic (exact) mass is 443 g/mol. The van der Waals surface area contributed by atoms with Gasteiger partial charge in [-0.2, -0.15) is 0 Å². The highest BCUT2D eigenvalue weighted by Gasteiger charge is 2.18. The van der Waals surface area contributed by atoms with Crippen molar-refractivity contribution in [3.05, 3.63) is 77.5 Å². The molecule has 1 aromatic heterocycles. The van der Waals surface area contributed by atoms with Gasteiger partial charge < -0.3 is 19.9 Å². The van der Waals surface area contributed by atoms with Crippen LogP contribution in [0.25, 0.3) is 22.4 Å². The number of nitrogens with one attached hydrogen (secondary N) is 1. The average molecular weight is 444 g/mol. The number of hydrogen-bond donors (Lipinski definition) is 2. The Morgan fingerprint density at radius 1 is 1.23 bits per heavy atom. The SMILES string of the molecule is C=C(OF)c1ccc(C(CCN(C)C)NC(=C)c2cc3c(O)c(Cl)ccc3n2C)cc1. The Morgan fingerprint density at radius 2 is 1.90 bits per heavy atom. The lowest BCUT2D eigenvalue weighted by Gasteiger charge is -2.24. The maximum Gasteiger partial charge on any atom is 0.171 e. The van der Waals surface area contributed by atoms with E-state index in [2.05, 4.69) is 28.3 Å². The molecule has 0 aliphatic heterocycles. The molecule has 0 aliphatic rings. The molecule has 1 atom stereocenters. The molecule has 0 spiro atoms. The molecule has 0 aliphatic carbocycles. The Bertz CT molecular complexity index is 1110. The lowest BCUT2D eigenvalue weighted by atomic mass is 10.0. The molecule has 1 unspecified atom stereocenters. The first-order valence-electron chi connectivity index (χ1n) is 9.88. The fourth-order valence-corrected chi connectivity index (χ4v) is 3.76. The topological polar surface area (TPSA) is 49.7 Å². The normalized spacial score (nSPS) is 12.2. The third kappa shape index (κ3) is 4.86. The fourth-order valence-electron chi connectivity index (χ4n) is 3.60. The zero-order valence-corrected chi connectivity index (χ0v) is 18.7. The summed E-state index contributed by atoms with van der Waals surface area (Å²) in [6, 6.07) is 12.8. The summed E-state index contributed by atoms with van der Waals surface area (Å²) >= 11 is 6.07. The van der Waals surface area contributed by atoms with Crippen LogP contribution in [0.1, 0.15) is 29.3 Å². The Labute approximate surface area is 186 Å². The second-order valence-electron chi connectivity index (χ2n) is 7.81. The highest BCUT2D eigenvalue weighted by molar-refractivity contribution is 6.33. The summed E-state index contributed by atoms with van der Waals surface area (Å²) in [5.41, 5.74) is 4.04. The molecule has 0 radical (unpaired) electrons. The Morgan fingerprint density at radius 3 is 2.52 bits per heavy atom. The minimum Gasteiger partial charge on any atom is -0.506 e. The fraction of sp³-hybridized carbons (Fsp3) is 0.250. The van der Waals surface area contributed by atoms with Gasteiger partial charge in [-0.05, 0) is 50.8 Å². The quantitative estimate of drug-likeness (QED) is 0.419. The van der Waals surface area contributed by atoms with E-state index in [-0.39, 0.29) is 17.6 Å². The van der Waals surface area contributed by atoms with Gasteiger partial charge in [-0.3, -0.25) is 4.94 Å². The van der Waals surface area contributed by atoms with Crippen LogP contribution >= 0.6 is 11.6 Å². The molecular formula is C24H27ClFN3O2. The molecule has 1 heterocycles. The van der Waals surface area contributed by atoms with Gasteiger partial charge in [-0.25, -0.2) is 0 Å². The Kier molecular flexibility index (Phi) is 6.93. The van der Waals surface area contributed by atoms with Gasteiger partial charge in [0, 0.05) is 22.5 Å². The first-order chi connectivity index (χ1) is 14.7. The number of phenols is 1. The number of rotatable bonds is 9. The third-order valence-electron chi connectivity index (χ3n) is 5.40. The molecule has 5 nitrogen and oxygen atoms in total. The molecule has 31 heavy (non-hydrogen) atoms. The Balaban J connectivity index is 1.90. The van der Waals surface area contributed by atoms with Crippen LogP contribution < -0.4 is 5.32 Å². The molecule has 2 N–H and O–H groups in total. The number of benzene rings is 2. The first-order valence-corrected chi connectivity index (χ1v) is 10.3. The maximum atomic E-state index is 12.4. The molecule has 0 amide bonds. The van der Waals surface area contributed by atoms with Crippen molar-refractivity contribution in [2.24, 2.45) is 7.05 Å². The van der Waals surface area contributed by atoms with Crippen molar-refractivity contribution in [2.75, 3.05) is 20.6 Å². The van der Waals surface area contributed by atoms with Gasteiger partial charge in [0.05, 0.1) is 28.0 Å². The summed E-state index contributed by atoms with van der Waals surface area (Å²) in [5.74, 6) is 0.0339. The van der Waals surface area contributed by atoms with E-state index >= 15 is 0 Å². The van der Waals surface area contributed by atoms with E-state index in [4.69, 9.17) is 11.6 Å². The number of hydrogen-bond acceptors (Lipinski definition) is 4. The number of aryl methyl sites for hydroxylation is 1. The van der Waals surface area contributed by atoms with E-state index < -0.39 is 0 Å². The Hall–Kier alpha value is -2.96. The van der Waals surface area contributed by atoms with Gasteiger partial charge in [0.1, 0.15) is 5.75 Å². The predicted molar refractivity (Wildman–Crippen MR) is 125 cm³/mol. The molecular weight excluding hydrogens is 417 g/mol. The lowest BCUT2D eigenvalue weighted by molar-refractivity contribution is -0.0416. The van der Waals surface area contributed by atoms with Crippen molar-refractivity contribution in [1.82, 2.24) is 14.8 Å². The first kappa shape index (κ1) is 22.7. The third-order valence-corrected chi connectivity index (χ3v) is 5.70. The van der Waals surface area contributed by atoms with E-state index in [1.54, 1.807) is 18.2 Å². The van der Waals surface area contributed by atoms with Crippen LogP contribution in [0, 0.1) is 0 Å². The summed E-state index contributed by atoms with van der Waals surface area (Å²) in [4.78, 5) is 5.85. The standard InChI is InChI=1S/C24H27ClFN3O2/c1-15(23-14-19-22(29(23)5)11-10-20(25)24(19)30)27-21(12-13-28(3)4)18-8-6-17(7-9-18)16(2)31-26/h6-11,14,21,27,30H,1-2,12-13H2,3-5H3. The van der Waals surface area contributed by atoms with E-state index in [1.165, 1.54) is 0 Å². The van der Waals surface area contributed by atoms with Crippen LogP contribution in [0.3, 0.4) is 0 Å². The summed E-state index contributed by atoms with van der Waals surface area (Å²) in [5, 5.41) is 14.8. The lowest BCUT2D eigenvalue weighted by Crippen LogP contribution is -2.25. The van der Waals surface area contributed by atoms with Crippen LogP contribution in [0.5, 0.6) is 5.75 Å². The van der Waals surface area contributed by atoms with Gasteiger partial charge in [-0.15, -0.1) is 0 Å². The number of aromatic nitrogens is 1. The summed E-state index contributed by atoms with van der Waals surface area (Å²) in [6.07, 6.45) is 0.826. The predicted octanol–water partition coefficient (Wildman–Crippen LogP) is 5.66. The highest BCUT2D eigenvalue weighted by Crippen LogP contribution is 2.35. The molecule has 3 rings (SSSR count). The summed E-state index contributed by atoms with van der Waals surface area (Å²) in [6.45, 7) is 8.64. The van der Waals surface area contributed by atoms with Crippen molar-refractivity contribution in [1.29, 1.82) is 0 Å².